The van der Waals surface area contributed by atoms with E-state index in [-0.39, 0.29) is 11.5 Å². The second kappa shape index (κ2) is 8.87. The van der Waals surface area contributed by atoms with Crippen molar-refractivity contribution in [3.05, 3.63) is 48.0 Å². The predicted molar refractivity (Wildman–Crippen MR) is 106 cm³/mol. The van der Waals surface area contributed by atoms with Gasteiger partial charge in [0.1, 0.15) is 18.3 Å². The maximum absolute atomic E-state index is 11.0. The molecule has 0 amide bonds. The Labute approximate surface area is 163 Å². The van der Waals surface area contributed by atoms with Crippen LogP contribution in [0.4, 0.5) is 0 Å². The van der Waals surface area contributed by atoms with E-state index in [4.69, 9.17) is 14.2 Å². The van der Waals surface area contributed by atoms with E-state index >= 15 is 0 Å². The lowest BCUT2D eigenvalue weighted by Crippen LogP contribution is -2.41. The maximum atomic E-state index is 11.0. The van der Waals surface area contributed by atoms with Crippen LogP contribution in [0.15, 0.2) is 42.5 Å². The molecule has 2 aliphatic rings. The van der Waals surface area contributed by atoms with Gasteiger partial charge in [-0.3, -0.25) is 0 Å². The van der Waals surface area contributed by atoms with Crippen LogP contribution in [0.3, 0.4) is 0 Å². The molecule has 150 valence electrons. The second-order valence-corrected chi connectivity index (χ2v) is 8.92. The number of hydrogen-bond donors (Lipinski definition) is 1. The summed E-state index contributed by atoms with van der Waals surface area (Å²) in [4.78, 5) is 0. The predicted octanol–water partition coefficient (Wildman–Crippen LogP) is 4.61. The zero-order valence-corrected chi connectivity index (χ0v) is 16.9. The molecule has 27 heavy (non-hydrogen) atoms. The van der Waals surface area contributed by atoms with Gasteiger partial charge in [0.2, 0.25) is 0 Å². The summed E-state index contributed by atoms with van der Waals surface area (Å²) in [6.45, 7) is 7.29. The van der Waals surface area contributed by atoms with Crippen LogP contribution in [-0.4, -0.2) is 35.8 Å². The van der Waals surface area contributed by atoms with Crippen molar-refractivity contribution >= 4 is 0 Å². The molecule has 1 N–H and O–H groups in total. The van der Waals surface area contributed by atoms with Crippen LogP contribution in [-0.2, 0) is 20.8 Å². The fraction of sp³-hybridized carbons (Fsp3) is 0.652. The fourth-order valence-electron chi connectivity index (χ4n) is 3.73. The molecular formula is C23H34O4. The molecule has 3 atom stereocenters. The first-order chi connectivity index (χ1) is 12.9. The highest BCUT2D eigenvalue weighted by molar-refractivity contribution is 5.14. The highest BCUT2D eigenvalue weighted by atomic mass is 16.7. The number of hydrogen-bond acceptors (Lipinski definition) is 4. The van der Waals surface area contributed by atoms with Crippen LogP contribution in [0.5, 0.6) is 0 Å². The third kappa shape index (κ3) is 5.89. The van der Waals surface area contributed by atoms with Gasteiger partial charge in [-0.2, -0.15) is 0 Å². The zero-order chi connectivity index (χ0) is 19.3. The van der Waals surface area contributed by atoms with E-state index < -0.39 is 18.0 Å². The van der Waals surface area contributed by atoms with Gasteiger partial charge in [0.15, 0.2) is 5.79 Å². The molecule has 1 heterocycles. The molecule has 1 aromatic rings. The van der Waals surface area contributed by atoms with E-state index in [1.54, 1.807) is 0 Å². The van der Waals surface area contributed by atoms with Crippen molar-refractivity contribution in [2.45, 2.75) is 83.6 Å². The molecule has 3 rings (SSSR count). The number of benzene rings is 1. The minimum Gasteiger partial charge on any atom is -0.387 e. The van der Waals surface area contributed by atoms with Crippen LogP contribution in [0.1, 0.15) is 58.4 Å². The molecule has 1 spiro atoms. The Balaban J connectivity index is 1.66. The molecule has 0 bridgehead atoms. The van der Waals surface area contributed by atoms with Gasteiger partial charge < -0.3 is 19.3 Å². The smallest absolute Gasteiger partial charge is 0.169 e. The summed E-state index contributed by atoms with van der Waals surface area (Å²) in [5, 5.41) is 11.0. The molecule has 0 aromatic heterocycles. The summed E-state index contributed by atoms with van der Waals surface area (Å²) in [5.41, 5.74) is 1.11. The van der Waals surface area contributed by atoms with Gasteiger partial charge in [-0.15, -0.1) is 0 Å². The summed E-state index contributed by atoms with van der Waals surface area (Å²) in [6.07, 6.45) is 7.85. The van der Waals surface area contributed by atoms with Crippen molar-refractivity contribution < 1.29 is 19.3 Å². The van der Waals surface area contributed by atoms with Crippen molar-refractivity contribution in [1.82, 2.24) is 0 Å². The number of allylic oxidation sites excluding steroid dienone is 1. The van der Waals surface area contributed by atoms with Crippen molar-refractivity contribution in [3.63, 3.8) is 0 Å². The number of aliphatic hydroxyl groups is 1. The van der Waals surface area contributed by atoms with E-state index in [9.17, 15) is 5.11 Å². The third-order valence-corrected chi connectivity index (χ3v) is 5.28. The Hall–Kier alpha value is -1.20. The minimum atomic E-state index is -0.756. The average molecular weight is 375 g/mol. The summed E-state index contributed by atoms with van der Waals surface area (Å²) in [5.74, 6) is -0.485. The topological polar surface area (TPSA) is 47.9 Å². The first kappa shape index (κ1) is 20.5. The van der Waals surface area contributed by atoms with E-state index in [2.05, 4.69) is 26.8 Å². The molecule has 1 aliphatic heterocycles. The quantitative estimate of drug-likeness (QED) is 0.739. The number of rotatable bonds is 6. The lowest BCUT2D eigenvalue weighted by atomic mass is 9.94. The third-order valence-electron chi connectivity index (χ3n) is 5.28. The first-order valence-corrected chi connectivity index (χ1v) is 10.2. The van der Waals surface area contributed by atoms with Crippen LogP contribution in [0.25, 0.3) is 0 Å². The molecule has 0 radical (unpaired) electrons. The molecule has 1 aromatic carbocycles. The zero-order valence-electron chi connectivity index (χ0n) is 16.9. The summed E-state index contributed by atoms with van der Waals surface area (Å²) in [6, 6.07) is 10.0. The molecule has 1 saturated carbocycles. The number of ether oxygens (including phenoxy) is 3. The Bertz CT molecular complexity index is 599. The Morgan fingerprint density at radius 3 is 2.56 bits per heavy atom. The lowest BCUT2D eigenvalue weighted by Gasteiger charge is -2.33. The van der Waals surface area contributed by atoms with Gasteiger partial charge in [-0.25, -0.2) is 0 Å². The average Bonchev–Trinajstić information content (AvgIpc) is 3.05. The van der Waals surface area contributed by atoms with Crippen LogP contribution in [0.2, 0.25) is 0 Å². The maximum Gasteiger partial charge on any atom is 0.169 e. The summed E-state index contributed by atoms with van der Waals surface area (Å²) >= 11 is 0. The van der Waals surface area contributed by atoms with Gasteiger partial charge >= 0.3 is 0 Å². The summed E-state index contributed by atoms with van der Waals surface area (Å²) in [7, 11) is 0. The van der Waals surface area contributed by atoms with Gasteiger partial charge in [0.25, 0.3) is 0 Å². The van der Waals surface area contributed by atoms with Crippen LogP contribution >= 0.6 is 0 Å². The SMILES string of the molecule is CC(C)(C)/C=C/[C@@H](OCc1ccccc1)[C@H](O)[C@@H]1COC2(CCCCC2)O1. The molecule has 1 aliphatic carbocycles. The van der Waals surface area contributed by atoms with Crippen molar-refractivity contribution in [3.8, 4) is 0 Å². The highest BCUT2D eigenvalue weighted by Gasteiger charge is 2.45. The number of aliphatic hydroxyl groups excluding tert-OH is 1. The highest BCUT2D eigenvalue weighted by Crippen LogP contribution is 2.39. The fourth-order valence-corrected chi connectivity index (χ4v) is 3.73. The Morgan fingerprint density at radius 2 is 1.89 bits per heavy atom. The largest absolute Gasteiger partial charge is 0.387 e. The molecule has 4 nitrogen and oxygen atoms in total. The second-order valence-electron chi connectivity index (χ2n) is 8.92. The van der Waals surface area contributed by atoms with E-state index in [0.29, 0.717) is 13.2 Å². The van der Waals surface area contributed by atoms with Crippen LogP contribution < -0.4 is 0 Å². The van der Waals surface area contributed by atoms with E-state index in [1.165, 1.54) is 6.42 Å². The van der Waals surface area contributed by atoms with Crippen molar-refractivity contribution in [2.75, 3.05) is 6.61 Å². The van der Waals surface area contributed by atoms with E-state index in [0.717, 1.165) is 31.2 Å². The van der Waals surface area contributed by atoms with Gasteiger partial charge in [0, 0.05) is 12.8 Å². The standard InChI is InChI=1S/C23H34O4/c1-22(2,3)15-12-19(25-16-18-10-6-4-7-11-18)21(24)20-17-26-23(27-20)13-8-5-9-14-23/h4,6-7,10-12,15,19-21,24H,5,8-9,13-14,16-17H2,1-3H3/b15-12+/t19-,20+,21+/m1/s1. The molecule has 2 fully saturated rings. The van der Waals surface area contributed by atoms with Gasteiger partial charge in [-0.05, 0) is 23.8 Å². The molecule has 4 heteroatoms. The van der Waals surface area contributed by atoms with Gasteiger partial charge in [0.05, 0.1) is 13.2 Å². The monoisotopic (exact) mass is 374 g/mol. The van der Waals surface area contributed by atoms with Crippen molar-refractivity contribution in [2.24, 2.45) is 5.41 Å². The summed E-state index contributed by atoms with van der Waals surface area (Å²) < 4.78 is 18.3. The molecular weight excluding hydrogens is 340 g/mol. The normalized spacial score (nSPS) is 25.1. The first-order valence-electron chi connectivity index (χ1n) is 10.2. The van der Waals surface area contributed by atoms with E-state index in [1.807, 2.05) is 36.4 Å². The van der Waals surface area contributed by atoms with Crippen molar-refractivity contribution in [1.29, 1.82) is 0 Å². The van der Waals surface area contributed by atoms with Gasteiger partial charge in [-0.1, -0.05) is 69.7 Å². The Kier molecular flexibility index (Phi) is 6.74. The molecule has 1 saturated heterocycles. The van der Waals surface area contributed by atoms with Crippen LogP contribution in [0, 0.1) is 5.41 Å². The lowest BCUT2D eigenvalue weighted by molar-refractivity contribution is -0.201. The Morgan fingerprint density at radius 1 is 1.19 bits per heavy atom. The molecule has 0 unspecified atom stereocenters. The minimum absolute atomic E-state index is 0.0195.